The van der Waals surface area contributed by atoms with Gasteiger partial charge in [-0.15, -0.1) is 0 Å². The van der Waals surface area contributed by atoms with E-state index in [2.05, 4.69) is 44.1 Å². The molecule has 0 amide bonds. The molecule has 11 heavy (non-hydrogen) atoms. The van der Waals surface area contributed by atoms with Crippen LogP contribution in [-0.4, -0.2) is 24.3 Å². The van der Waals surface area contributed by atoms with Gasteiger partial charge in [0.25, 0.3) is 0 Å². The summed E-state index contributed by atoms with van der Waals surface area (Å²) < 4.78 is 0. The van der Waals surface area contributed by atoms with Crippen LogP contribution in [0.3, 0.4) is 0 Å². The monoisotopic (exact) mass is 165 g/mol. The second-order valence-corrected chi connectivity index (χ2v) is 4.11. The molecule has 0 saturated heterocycles. The summed E-state index contributed by atoms with van der Waals surface area (Å²) >= 11 is 0. The van der Waals surface area contributed by atoms with Crippen molar-refractivity contribution in [2.24, 2.45) is 0 Å². The molecular weight excluding hydrogens is 150 g/mol. The van der Waals surface area contributed by atoms with Crippen LogP contribution in [0.2, 0.25) is 0 Å². The van der Waals surface area contributed by atoms with Crippen molar-refractivity contribution in [1.82, 2.24) is 0 Å². The van der Waals surface area contributed by atoms with Crippen molar-refractivity contribution < 1.29 is 0 Å². The van der Waals surface area contributed by atoms with Crippen LogP contribution < -0.4 is 10.1 Å². The van der Waals surface area contributed by atoms with Gasteiger partial charge in [-0.05, 0) is 18.2 Å². The number of hydrogen-bond donors (Lipinski definition) is 0. The lowest BCUT2D eigenvalue weighted by Gasteiger charge is -2.16. The van der Waals surface area contributed by atoms with Crippen LogP contribution in [0.4, 0.5) is 5.69 Å². The fourth-order valence-corrected chi connectivity index (χ4v) is 2.00. The fourth-order valence-electron chi connectivity index (χ4n) is 1.22. The van der Waals surface area contributed by atoms with Crippen molar-refractivity contribution >= 4 is 21.1 Å². The fraction of sp³-hybridized carbons (Fsp3) is 0.333. The first-order valence-electron chi connectivity index (χ1n) is 3.86. The van der Waals surface area contributed by atoms with E-state index in [9.17, 15) is 0 Å². The van der Waals surface area contributed by atoms with Crippen LogP contribution in [0.5, 0.6) is 0 Å². The Bertz CT molecular complexity index is 256. The largest absolute Gasteiger partial charge is 0.378 e. The van der Waals surface area contributed by atoms with Gasteiger partial charge < -0.3 is 4.90 Å². The van der Waals surface area contributed by atoms with Gasteiger partial charge in [0.2, 0.25) is 0 Å². The third-order valence-corrected chi connectivity index (χ3v) is 3.36. The van der Waals surface area contributed by atoms with Gasteiger partial charge in [-0.3, -0.25) is 0 Å². The highest BCUT2D eigenvalue weighted by Crippen LogP contribution is 2.07. The lowest BCUT2D eigenvalue weighted by Crippen LogP contribution is -2.20. The summed E-state index contributed by atoms with van der Waals surface area (Å²) in [4.78, 5) is 2.18. The van der Waals surface area contributed by atoms with Crippen LogP contribution in [0.15, 0.2) is 18.2 Å². The second kappa shape index (κ2) is 3.09. The molecule has 0 heterocycles. The quantitative estimate of drug-likeness (QED) is 0.532. The summed E-state index contributed by atoms with van der Waals surface area (Å²) in [7, 11) is 5.32. The van der Waals surface area contributed by atoms with E-state index in [0.717, 1.165) is 10.2 Å². The van der Waals surface area contributed by atoms with E-state index < -0.39 is 0 Å². The van der Waals surface area contributed by atoms with Crippen molar-refractivity contribution in [3.05, 3.63) is 23.8 Å². The minimum absolute atomic E-state index is 1.13. The third kappa shape index (κ3) is 1.63. The molecule has 0 unspecified atom stereocenters. The van der Waals surface area contributed by atoms with Gasteiger partial charge >= 0.3 is 0 Å². The normalized spacial score (nSPS) is 10.1. The van der Waals surface area contributed by atoms with Crippen LogP contribution in [0, 0.1) is 6.92 Å². The Morgan fingerprint density at radius 2 is 1.91 bits per heavy atom. The number of rotatable bonds is 1. The van der Waals surface area contributed by atoms with E-state index in [4.69, 9.17) is 0 Å². The zero-order valence-electron chi connectivity index (χ0n) is 7.68. The van der Waals surface area contributed by atoms with Gasteiger partial charge in [-0.2, -0.15) is 0 Å². The SMILES string of the molecule is Cc1cccc(N(C)C)c1[SiH3]. The summed E-state index contributed by atoms with van der Waals surface area (Å²) in [5.74, 6) is 0. The zero-order valence-corrected chi connectivity index (χ0v) is 9.68. The van der Waals surface area contributed by atoms with E-state index >= 15 is 0 Å². The molecule has 0 saturated carbocycles. The van der Waals surface area contributed by atoms with Gasteiger partial charge in [0.1, 0.15) is 0 Å². The Morgan fingerprint density at radius 1 is 1.27 bits per heavy atom. The molecule has 0 radical (unpaired) electrons. The average molecular weight is 165 g/mol. The molecule has 0 aliphatic heterocycles. The molecular formula is C9H15NSi. The van der Waals surface area contributed by atoms with Crippen LogP contribution in [-0.2, 0) is 0 Å². The van der Waals surface area contributed by atoms with E-state index in [-0.39, 0.29) is 0 Å². The minimum atomic E-state index is 1.13. The predicted octanol–water partition coefficient (Wildman–Crippen LogP) is 0.0517. The Labute approximate surface area is 71.5 Å². The first kappa shape index (κ1) is 8.33. The van der Waals surface area contributed by atoms with Crippen molar-refractivity contribution in [2.75, 3.05) is 19.0 Å². The Hall–Kier alpha value is -0.763. The first-order chi connectivity index (χ1) is 5.13. The van der Waals surface area contributed by atoms with Gasteiger partial charge in [0.05, 0.1) is 0 Å². The maximum Gasteiger partial charge on any atom is 0.0415 e. The number of hydrogen-bond acceptors (Lipinski definition) is 1. The summed E-state index contributed by atoms with van der Waals surface area (Å²) in [6.07, 6.45) is 0. The zero-order chi connectivity index (χ0) is 8.43. The van der Waals surface area contributed by atoms with Gasteiger partial charge in [0, 0.05) is 30.0 Å². The smallest absolute Gasteiger partial charge is 0.0415 e. The molecule has 0 spiro atoms. The van der Waals surface area contributed by atoms with Crippen molar-refractivity contribution in [3.8, 4) is 0 Å². The number of anilines is 1. The molecule has 1 nitrogen and oxygen atoms in total. The molecule has 60 valence electrons. The van der Waals surface area contributed by atoms with E-state index in [1.54, 1.807) is 0 Å². The minimum Gasteiger partial charge on any atom is -0.378 e. The average Bonchev–Trinajstić information content (AvgIpc) is 1.94. The molecule has 0 fully saturated rings. The number of benzene rings is 1. The van der Waals surface area contributed by atoms with Crippen LogP contribution in [0.25, 0.3) is 0 Å². The van der Waals surface area contributed by atoms with Crippen LogP contribution in [0.1, 0.15) is 5.56 Å². The Morgan fingerprint density at radius 3 is 2.36 bits per heavy atom. The standard InChI is InChI=1S/C9H15NSi/c1-7-5-4-6-8(9(7)11)10(2)3/h4-6H,1-3,11H3. The number of aryl methyl sites for hydroxylation is 1. The highest BCUT2D eigenvalue weighted by molar-refractivity contribution is 6.36. The van der Waals surface area contributed by atoms with Gasteiger partial charge in [-0.1, -0.05) is 17.7 Å². The van der Waals surface area contributed by atoms with E-state index in [0.29, 0.717) is 0 Å². The molecule has 0 atom stereocenters. The predicted molar refractivity (Wildman–Crippen MR) is 55.1 cm³/mol. The number of nitrogens with zero attached hydrogens (tertiary/aromatic N) is 1. The molecule has 0 aliphatic carbocycles. The lowest BCUT2D eigenvalue weighted by molar-refractivity contribution is 1.14. The summed E-state index contributed by atoms with van der Waals surface area (Å²) in [5.41, 5.74) is 2.79. The van der Waals surface area contributed by atoms with Crippen molar-refractivity contribution in [2.45, 2.75) is 6.92 Å². The molecule has 0 N–H and O–H groups in total. The maximum atomic E-state index is 2.18. The molecule has 1 rings (SSSR count). The second-order valence-electron chi connectivity index (χ2n) is 3.11. The molecule has 1 aromatic rings. The lowest BCUT2D eigenvalue weighted by atomic mass is 10.2. The first-order valence-corrected chi connectivity index (χ1v) is 4.86. The molecule has 0 aliphatic rings. The Kier molecular flexibility index (Phi) is 2.34. The molecule has 0 bridgehead atoms. The molecule has 1 aromatic carbocycles. The van der Waals surface area contributed by atoms with Crippen molar-refractivity contribution in [1.29, 1.82) is 0 Å². The molecule has 0 aromatic heterocycles. The maximum absolute atomic E-state index is 2.18. The Balaban J connectivity index is 3.17. The van der Waals surface area contributed by atoms with Crippen molar-refractivity contribution in [3.63, 3.8) is 0 Å². The topological polar surface area (TPSA) is 3.24 Å². The highest BCUT2D eigenvalue weighted by Gasteiger charge is 2.00. The summed E-state index contributed by atoms with van der Waals surface area (Å²) in [6, 6.07) is 6.47. The van der Waals surface area contributed by atoms with Gasteiger partial charge in [-0.25, -0.2) is 0 Å². The third-order valence-electron chi connectivity index (χ3n) is 2.06. The summed E-state index contributed by atoms with van der Waals surface area (Å²) in [5, 5.41) is 1.51. The van der Waals surface area contributed by atoms with Gasteiger partial charge in [0.15, 0.2) is 0 Å². The van der Waals surface area contributed by atoms with E-state index in [1.807, 2.05) is 0 Å². The molecule has 2 heteroatoms. The van der Waals surface area contributed by atoms with E-state index in [1.165, 1.54) is 16.4 Å². The summed E-state index contributed by atoms with van der Waals surface area (Å²) in [6.45, 7) is 2.18. The van der Waals surface area contributed by atoms with Crippen LogP contribution >= 0.6 is 0 Å². The highest BCUT2D eigenvalue weighted by atomic mass is 28.1.